The van der Waals surface area contributed by atoms with Gasteiger partial charge in [0, 0.05) is 18.8 Å². The molecule has 0 spiro atoms. The maximum Gasteiger partial charge on any atom is 0.314 e. The number of carbonyl (C=O) groups excluding carboxylic acids is 1. The van der Waals surface area contributed by atoms with Gasteiger partial charge in [-0.25, -0.2) is 9.18 Å². The molecular weight excluding hydrogens is 291 g/mol. The molecule has 2 amide bonds. The molecule has 0 aliphatic carbocycles. The van der Waals surface area contributed by atoms with Gasteiger partial charge in [-0.1, -0.05) is 12.1 Å². The number of halogens is 1. The zero-order valence-corrected chi connectivity index (χ0v) is 12.7. The Morgan fingerprint density at radius 1 is 1.43 bits per heavy atom. The minimum atomic E-state index is -0.760. The fraction of sp³-hybridized carbons (Fsp3) is 0.533. The zero-order chi connectivity index (χ0) is 15.1. The van der Waals surface area contributed by atoms with Gasteiger partial charge in [0.2, 0.25) is 0 Å². The molecule has 0 bridgehead atoms. The Labute approximate surface area is 128 Å². The van der Waals surface area contributed by atoms with Crippen LogP contribution in [0.1, 0.15) is 18.4 Å². The first-order chi connectivity index (χ1) is 10.1. The Morgan fingerprint density at radius 3 is 3.00 bits per heavy atom. The molecule has 0 unspecified atom stereocenters. The molecule has 0 saturated carbocycles. The highest BCUT2D eigenvalue weighted by molar-refractivity contribution is 7.99. The summed E-state index contributed by atoms with van der Waals surface area (Å²) in [7, 11) is 0. The highest BCUT2D eigenvalue weighted by Crippen LogP contribution is 2.26. The van der Waals surface area contributed by atoms with Gasteiger partial charge >= 0.3 is 6.03 Å². The van der Waals surface area contributed by atoms with Gasteiger partial charge in [0.25, 0.3) is 0 Å². The third-order valence-electron chi connectivity index (χ3n) is 3.48. The van der Waals surface area contributed by atoms with Gasteiger partial charge in [-0.3, -0.25) is 0 Å². The quantitative estimate of drug-likeness (QED) is 0.703. The Hall–Kier alpha value is -1.27. The Bertz CT molecular complexity index is 478. The van der Waals surface area contributed by atoms with Gasteiger partial charge in [-0.2, -0.15) is 11.8 Å². The van der Waals surface area contributed by atoms with E-state index in [-0.39, 0.29) is 18.4 Å². The number of rotatable bonds is 6. The largest absolute Gasteiger partial charge is 0.387 e. The number of benzene rings is 1. The van der Waals surface area contributed by atoms with E-state index in [1.807, 2.05) is 6.07 Å². The lowest BCUT2D eigenvalue weighted by Gasteiger charge is -2.21. The Morgan fingerprint density at radius 2 is 2.29 bits per heavy atom. The van der Waals surface area contributed by atoms with Crippen LogP contribution in [0.15, 0.2) is 24.3 Å². The van der Waals surface area contributed by atoms with Crippen molar-refractivity contribution in [2.24, 2.45) is 0 Å². The summed E-state index contributed by atoms with van der Waals surface area (Å²) in [6.45, 7) is 0.811. The molecule has 1 heterocycles. The van der Waals surface area contributed by atoms with Crippen LogP contribution in [-0.2, 0) is 6.42 Å². The molecule has 4 nitrogen and oxygen atoms in total. The molecule has 21 heavy (non-hydrogen) atoms. The van der Waals surface area contributed by atoms with Gasteiger partial charge in [0.15, 0.2) is 0 Å². The molecule has 1 aliphatic rings. The van der Waals surface area contributed by atoms with Crippen LogP contribution in [0.25, 0.3) is 0 Å². The topological polar surface area (TPSA) is 61.4 Å². The third kappa shape index (κ3) is 5.55. The molecule has 0 aromatic heterocycles. The van der Waals surface area contributed by atoms with Crippen molar-refractivity contribution in [3.8, 4) is 0 Å². The van der Waals surface area contributed by atoms with Crippen molar-refractivity contribution in [3.05, 3.63) is 35.6 Å². The van der Waals surface area contributed by atoms with Crippen molar-refractivity contribution >= 4 is 17.8 Å². The Kier molecular flexibility index (Phi) is 5.87. The molecule has 6 heteroatoms. The van der Waals surface area contributed by atoms with E-state index in [1.54, 1.807) is 17.8 Å². The average molecular weight is 312 g/mol. The SMILES string of the molecule is O=C(NCCCc1cccc(F)c1)NC[C@]1(O)CCSC1. The van der Waals surface area contributed by atoms with Crippen LogP contribution in [0.2, 0.25) is 0 Å². The number of amides is 2. The van der Waals surface area contributed by atoms with E-state index >= 15 is 0 Å². The smallest absolute Gasteiger partial charge is 0.314 e. The van der Waals surface area contributed by atoms with Crippen LogP contribution in [-0.4, -0.2) is 41.3 Å². The molecule has 1 atom stereocenters. The lowest BCUT2D eigenvalue weighted by atomic mass is 10.0. The average Bonchev–Trinajstić information content (AvgIpc) is 2.89. The molecule has 1 fully saturated rings. The predicted octanol–water partition coefficient (Wildman–Crippen LogP) is 1.93. The van der Waals surface area contributed by atoms with E-state index < -0.39 is 5.60 Å². The monoisotopic (exact) mass is 312 g/mol. The van der Waals surface area contributed by atoms with Crippen LogP contribution in [0.3, 0.4) is 0 Å². The number of hydrogen-bond donors (Lipinski definition) is 3. The van der Waals surface area contributed by atoms with Crippen molar-refractivity contribution in [2.75, 3.05) is 24.6 Å². The molecule has 0 radical (unpaired) electrons. The maximum absolute atomic E-state index is 13.0. The molecule has 2 rings (SSSR count). The van der Waals surface area contributed by atoms with Crippen LogP contribution in [0.5, 0.6) is 0 Å². The van der Waals surface area contributed by atoms with E-state index in [1.165, 1.54) is 12.1 Å². The fourth-order valence-electron chi connectivity index (χ4n) is 2.23. The van der Waals surface area contributed by atoms with Crippen molar-refractivity contribution in [2.45, 2.75) is 24.9 Å². The summed E-state index contributed by atoms with van der Waals surface area (Å²) in [6, 6.07) is 6.22. The van der Waals surface area contributed by atoms with Gasteiger partial charge < -0.3 is 15.7 Å². The van der Waals surface area contributed by atoms with Crippen molar-refractivity contribution in [1.29, 1.82) is 0 Å². The molecule has 3 N–H and O–H groups in total. The first kappa shape index (κ1) is 16.1. The fourth-order valence-corrected chi connectivity index (χ4v) is 3.53. The highest BCUT2D eigenvalue weighted by atomic mass is 32.2. The molecular formula is C15H21FN2O2S. The molecule has 116 valence electrons. The minimum absolute atomic E-state index is 0.235. The lowest BCUT2D eigenvalue weighted by Crippen LogP contribution is -2.46. The van der Waals surface area contributed by atoms with Crippen molar-refractivity contribution < 1.29 is 14.3 Å². The third-order valence-corrected chi connectivity index (χ3v) is 4.71. The van der Waals surface area contributed by atoms with E-state index in [2.05, 4.69) is 10.6 Å². The van der Waals surface area contributed by atoms with Gasteiger partial charge in [-0.15, -0.1) is 0 Å². The van der Waals surface area contributed by atoms with Crippen LogP contribution < -0.4 is 10.6 Å². The van der Waals surface area contributed by atoms with Gasteiger partial charge in [-0.05, 0) is 42.7 Å². The standard InChI is InChI=1S/C15H21FN2O2S/c16-13-5-1-3-12(9-13)4-2-7-17-14(19)18-10-15(20)6-8-21-11-15/h1,3,5,9,20H,2,4,6-8,10-11H2,(H2,17,18,19)/t15-/m1/s1. The van der Waals surface area contributed by atoms with Crippen LogP contribution in [0.4, 0.5) is 9.18 Å². The van der Waals surface area contributed by atoms with Gasteiger partial charge in [0.1, 0.15) is 5.82 Å². The predicted molar refractivity (Wildman–Crippen MR) is 83.0 cm³/mol. The van der Waals surface area contributed by atoms with E-state index in [9.17, 15) is 14.3 Å². The second-order valence-corrected chi connectivity index (χ2v) is 6.48. The summed E-state index contributed by atoms with van der Waals surface area (Å²) in [5, 5.41) is 15.5. The molecule has 1 aliphatic heterocycles. The normalized spacial score (nSPS) is 21.2. The van der Waals surface area contributed by atoms with E-state index in [0.29, 0.717) is 12.3 Å². The minimum Gasteiger partial charge on any atom is -0.387 e. The van der Waals surface area contributed by atoms with E-state index in [0.717, 1.165) is 30.6 Å². The number of urea groups is 1. The Balaban J connectivity index is 1.59. The first-order valence-electron chi connectivity index (χ1n) is 7.14. The van der Waals surface area contributed by atoms with E-state index in [4.69, 9.17) is 0 Å². The number of thioether (sulfide) groups is 1. The molecule has 1 aromatic rings. The van der Waals surface area contributed by atoms with Gasteiger partial charge in [0.05, 0.1) is 5.60 Å². The second-order valence-electron chi connectivity index (χ2n) is 5.37. The van der Waals surface area contributed by atoms with Crippen LogP contribution in [0, 0.1) is 5.82 Å². The first-order valence-corrected chi connectivity index (χ1v) is 8.29. The summed E-state index contributed by atoms with van der Waals surface area (Å²) in [5.41, 5.74) is 0.165. The summed E-state index contributed by atoms with van der Waals surface area (Å²) < 4.78 is 13.0. The summed E-state index contributed by atoms with van der Waals surface area (Å²) in [4.78, 5) is 11.6. The number of hydrogen-bond acceptors (Lipinski definition) is 3. The number of nitrogens with one attached hydrogen (secondary N) is 2. The summed E-state index contributed by atoms with van der Waals surface area (Å²) >= 11 is 1.70. The molecule has 1 aromatic carbocycles. The summed E-state index contributed by atoms with van der Waals surface area (Å²) in [5.74, 6) is 1.38. The number of carbonyl (C=O) groups is 1. The highest BCUT2D eigenvalue weighted by Gasteiger charge is 2.31. The van der Waals surface area contributed by atoms with Crippen LogP contribution >= 0.6 is 11.8 Å². The summed E-state index contributed by atoms with van der Waals surface area (Å²) in [6.07, 6.45) is 2.19. The second kappa shape index (κ2) is 7.66. The zero-order valence-electron chi connectivity index (χ0n) is 11.9. The molecule has 1 saturated heterocycles. The van der Waals surface area contributed by atoms with Crippen molar-refractivity contribution in [1.82, 2.24) is 10.6 Å². The number of aryl methyl sites for hydroxylation is 1. The maximum atomic E-state index is 13.0. The lowest BCUT2D eigenvalue weighted by molar-refractivity contribution is 0.0700. The number of aliphatic hydroxyl groups is 1. The van der Waals surface area contributed by atoms with Crippen molar-refractivity contribution in [3.63, 3.8) is 0 Å².